The number of hydrogen-bond acceptors (Lipinski definition) is 7. The summed E-state index contributed by atoms with van der Waals surface area (Å²) >= 11 is 0. The van der Waals surface area contributed by atoms with Crippen LogP contribution in [-0.2, 0) is 0 Å². The molecule has 2 aliphatic rings. The van der Waals surface area contributed by atoms with Crippen molar-refractivity contribution in [1.82, 2.24) is 0 Å². The second-order valence-corrected chi connectivity index (χ2v) is 7.09. The van der Waals surface area contributed by atoms with Gasteiger partial charge in [0.15, 0.2) is 0 Å². The highest BCUT2D eigenvalue weighted by atomic mass is 16.5. The van der Waals surface area contributed by atoms with Crippen molar-refractivity contribution in [1.29, 1.82) is 0 Å². The van der Waals surface area contributed by atoms with E-state index in [0.717, 1.165) is 42.9 Å². The zero-order valence-electron chi connectivity index (χ0n) is 16.0. The van der Waals surface area contributed by atoms with Gasteiger partial charge in [0.05, 0.1) is 7.11 Å². The van der Waals surface area contributed by atoms with E-state index in [-0.39, 0.29) is 5.96 Å². The lowest BCUT2D eigenvalue weighted by Crippen LogP contribution is -2.58. The molecule has 4 N–H and O–H groups in total. The van der Waals surface area contributed by atoms with Crippen molar-refractivity contribution in [3.05, 3.63) is 48.5 Å². The summed E-state index contributed by atoms with van der Waals surface area (Å²) in [6.45, 7) is 0. The highest BCUT2D eigenvalue weighted by Gasteiger charge is 2.42. The van der Waals surface area contributed by atoms with Gasteiger partial charge in [0.2, 0.25) is 11.9 Å². The van der Waals surface area contributed by atoms with Gasteiger partial charge in [0.25, 0.3) is 0 Å². The maximum Gasteiger partial charge on any atom is 0.220 e. The summed E-state index contributed by atoms with van der Waals surface area (Å²) in [6.07, 6.45) is 5.21. The number of nitrogens with zero attached hydrogens (tertiary/aromatic N) is 3. The Labute approximate surface area is 164 Å². The lowest BCUT2D eigenvalue weighted by atomic mass is 9.87. The van der Waals surface area contributed by atoms with Crippen molar-refractivity contribution in [3.63, 3.8) is 0 Å². The lowest BCUT2D eigenvalue weighted by Gasteiger charge is -2.45. The van der Waals surface area contributed by atoms with E-state index in [1.807, 2.05) is 53.4 Å². The Morgan fingerprint density at radius 3 is 2.36 bits per heavy atom. The first-order valence-corrected chi connectivity index (χ1v) is 9.51. The molecule has 28 heavy (non-hydrogen) atoms. The standard InChI is InChI=1S/C21H25N5O2/c1-27-17-6-5-7-18(14-17)28-16-10-8-15(9-11-16)26-20(23)24-19(22)25-21(26)12-3-2-4-13-21/h5-11,14H,2-4,12-13H2,1H3,(H4,22,23,24,25). The average molecular weight is 379 g/mol. The Hall–Kier alpha value is -3.22. The molecule has 1 aliphatic heterocycles. The molecule has 2 aromatic carbocycles. The fourth-order valence-electron chi connectivity index (χ4n) is 3.96. The van der Waals surface area contributed by atoms with Crippen LogP contribution in [0.25, 0.3) is 0 Å². The molecule has 0 radical (unpaired) electrons. The van der Waals surface area contributed by atoms with E-state index >= 15 is 0 Å². The Morgan fingerprint density at radius 1 is 0.929 bits per heavy atom. The fraction of sp³-hybridized carbons (Fsp3) is 0.333. The highest BCUT2D eigenvalue weighted by molar-refractivity contribution is 6.05. The first-order valence-electron chi connectivity index (χ1n) is 9.51. The topological polar surface area (TPSA) is 98.5 Å². The molecule has 1 spiro atoms. The molecule has 1 fully saturated rings. The Balaban J connectivity index is 1.59. The minimum absolute atomic E-state index is 0.258. The molecule has 0 amide bonds. The summed E-state index contributed by atoms with van der Waals surface area (Å²) in [6, 6.07) is 15.3. The number of hydrogen-bond donors (Lipinski definition) is 2. The van der Waals surface area contributed by atoms with Gasteiger partial charge in [-0.05, 0) is 62.1 Å². The second-order valence-electron chi connectivity index (χ2n) is 7.09. The van der Waals surface area contributed by atoms with Gasteiger partial charge in [-0.3, -0.25) is 4.90 Å². The van der Waals surface area contributed by atoms with Crippen molar-refractivity contribution >= 4 is 17.6 Å². The molecule has 2 aromatic rings. The molecule has 7 nitrogen and oxygen atoms in total. The van der Waals surface area contributed by atoms with Crippen LogP contribution in [0.5, 0.6) is 17.2 Å². The van der Waals surface area contributed by atoms with Crippen LogP contribution in [0.1, 0.15) is 32.1 Å². The zero-order valence-corrected chi connectivity index (χ0v) is 16.0. The molecule has 0 bridgehead atoms. The number of aliphatic imine (C=N–C) groups is 2. The zero-order chi connectivity index (χ0) is 19.6. The maximum atomic E-state index is 6.27. The first kappa shape index (κ1) is 18.2. The molecular formula is C21H25N5O2. The molecule has 1 heterocycles. The van der Waals surface area contributed by atoms with Crippen LogP contribution in [-0.4, -0.2) is 24.7 Å². The van der Waals surface area contributed by atoms with Crippen LogP contribution in [0.15, 0.2) is 58.5 Å². The van der Waals surface area contributed by atoms with Crippen molar-refractivity contribution in [2.45, 2.75) is 37.8 Å². The van der Waals surface area contributed by atoms with E-state index in [9.17, 15) is 0 Å². The van der Waals surface area contributed by atoms with Gasteiger partial charge in [-0.15, -0.1) is 0 Å². The van der Waals surface area contributed by atoms with Gasteiger partial charge >= 0.3 is 0 Å². The summed E-state index contributed by atoms with van der Waals surface area (Å²) in [5, 5.41) is 0. The molecule has 0 saturated heterocycles. The Morgan fingerprint density at radius 2 is 1.64 bits per heavy atom. The monoisotopic (exact) mass is 379 g/mol. The summed E-state index contributed by atoms with van der Waals surface area (Å²) in [5.74, 6) is 2.84. The predicted octanol–water partition coefficient (Wildman–Crippen LogP) is 3.60. The number of ether oxygens (including phenoxy) is 2. The quantitative estimate of drug-likeness (QED) is 0.846. The van der Waals surface area contributed by atoms with E-state index in [1.54, 1.807) is 7.11 Å². The summed E-state index contributed by atoms with van der Waals surface area (Å²) in [5.41, 5.74) is 12.7. The molecular weight excluding hydrogens is 354 g/mol. The first-order chi connectivity index (χ1) is 13.6. The van der Waals surface area contributed by atoms with Crippen molar-refractivity contribution in [3.8, 4) is 17.2 Å². The third-order valence-corrected chi connectivity index (χ3v) is 5.22. The van der Waals surface area contributed by atoms with Crippen LogP contribution < -0.4 is 25.8 Å². The van der Waals surface area contributed by atoms with Crippen LogP contribution >= 0.6 is 0 Å². The lowest BCUT2D eigenvalue weighted by molar-refractivity contribution is 0.305. The molecule has 0 atom stereocenters. The SMILES string of the molecule is COc1cccc(Oc2ccc(N3C(N)=NC(N)=NC34CCCCC4)cc2)c1. The Kier molecular flexibility index (Phi) is 4.81. The maximum absolute atomic E-state index is 6.27. The van der Waals surface area contributed by atoms with Crippen LogP contribution in [0.4, 0.5) is 5.69 Å². The number of rotatable bonds is 4. The minimum atomic E-state index is -0.441. The molecule has 4 rings (SSSR count). The number of benzene rings is 2. The van der Waals surface area contributed by atoms with Crippen molar-refractivity contribution in [2.24, 2.45) is 21.5 Å². The fourth-order valence-corrected chi connectivity index (χ4v) is 3.96. The number of nitrogens with two attached hydrogens (primary N) is 2. The van der Waals surface area contributed by atoms with Crippen molar-refractivity contribution < 1.29 is 9.47 Å². The minimum Gasteiger partial charge on any atom is -0.497 e. The smallest absolute Gasteiger partial charge is 0.220 e. The third kappa shape index (κ3) is 3.47. The normalized spacial score (nSPS) is 18.4. The van der Waals surface area contributed by atoms with E-state index < -0.39 is 5.66 Å². The van der Waals surface area contributed by atoms with Gasteiger partial charge in [0, 0.05) is 11.8 Å². The van der Waals surface area contributed by atoms with Crippen LogP contribution in [0.2, 0.25) is 0 Å². The number of guanidine groups is 2. The van der Waals surface area contributed by atoms with E-state index in [0.29, 0.717) is 11.7 Å². The van der Waals surface area contributed by atoms with Crippen LogP contribution in [0.3, 0.4) is 0 Å². The third-order valence-electron chi connectivity index (χ3n) is 5.22. The number of methoxy groups -OCH3 is 1. The highest BCUT2D eigenvalue weighted by Crippen LogP contribution is 2.40. The molecule has 1 aliphatic carbocycles. The summed E-state index contributed by atoms with van der Waals surface area (Å²) in [7, 11) is 1.63. The summed E-state index contributed by atoms with van der Waals surface area (Å²) < 4.78 is 11.2. The molecule has 7 heteroatoms. The summed E-state index contributed by atoms with van der Waals surface area (Å²) in [4.78, 5) is 10.9. The van der Waals surface area contributed by atoms with E-state index in [1.165, 1.54) is 6.42 Å². The molecule has 146 valence electrons. The van der Waals surface area contributed by atoms with E-state index in [2.05, 4.69) is 4.99 Å². The van der Waals surface area contributed by atoms with Gasteiger partial charge in [0.1, 0.15) is 22.9 Å². The van der Waals surface area contributed by atoms with Gasteiger partial charge < -0.3 is 20.9 Å². The van der Waals surface area contributed by atoms with Gasteiger partial charge in [-0.1, -0.05) is 12.5 Å². The number of anilines is 1. The largest absolute Gasteiger partial charge is 0.497 e. The van der Waals surface area contributed by atoms with Crippen LogP contribution in [0, 0.1) is 0 Å². The average Bonchev–Trinajstić information content (AvgIpc) is 2.69. The van der Waals surface area contributed by atoms with Crippen molar-refractivity contribution in [2.75, 3.05) is 12.0 Å². The predicted molar refractivity (Wildman–Crippen MR) is 111 cm³/mol. The molecule has 0 unspecified atom stereocenters. The van der Waals surface area contributed by atoms with Gasteiger partial charge in [-0.2, -0.15) is 4.99 Å². The Bertz CT molecular complexity index is 901. The molecule has 1 saturated carbocycles. The van der Waals surface area contributed by atoms with Gasteiger partial charge in [-0.25, -0.2) is 4.99 Å². The van der Waals surface area contributed by atoms with E-state index in [4.69, 9.17) is 25.9 Å². The molecule has 0 aromatic heterocycles. The second kappa shape index (κ2) is 7.42.